The lowest BCUT2D eigenvalue weighted by atomic mass is 10.2. The third-order valence-electron chi connectivity index (χ3n) is 4.11. The zero-order chi connectivity index (χ0) is 20.1. The second-order valence-electron chi connectivity index (χ2n) is 6.38. The number of amides is 2. The van der Waals surface area contributed by atoms with E-state index in [1.54, 1.807) is 17.1 Å². The molecule has 0 bridgehead atoms. The molecule has 2 aromatic heterocycles. The van der Waals surface area contributed by atoms with Crippen LogP contribution in [0.5, 0.6) is 0 Å². The first-order valence-corrected chi connectivity index (χ1v) is 8.98. The van der Waals surface area contributed by atoms with Crippen molar-refractivity contribution in [3.8, 4) is 5.82 Å². The predicted molar refractivity (Wildman–Crippen MR) is 113 cm³/mol. The van der Waals surface area contributed by atoms with Gasteiger partial charge in [0.05, 0.1) is 0 Å². The normalized spacial score (nSPS) is 10.4. The number of hydrogen-bond acceptors (Lipinski definition) is 5. The molecule has 8 nitrogen and oxygen atoms in total. The van der Waals surface area contributed by atoms with Gasteiger partial charge >= 0.3 is 6.03 Å². The molecule has 4 rings (SSSR count). The van der Waals surface area contributed by atoms with E-state index < -0.39 is 0 Å². The SMILES string of the molecule is Cc1cccc(NC(=O)Nc2ccc(Nc3cc(-n4ccnc4)ncn3)cc2)c1. The van der Waals surface area contributed by atoms with Gasteiger partial charge in [-0.25, -0.2) is 19.7 Å². The molecule has 29 heavy (non-hydrogen) atoms. The van der Waals surface area contributed by atoms with Crippen LogP contribution in [-0.4, -0.2) is 25.6 Å². The average molecular weight is 385 g/mol. The molecule has 0 aliphatic carbocycles. The third-order valence-corrected chi connectivity index (χ3v) is 4.11. The lowest BCUT2D eigenvalue weighted by molar-refractivity contribution is 0.262. The van der Waals surface area contributed by atoms with Crippen LogP contribution in [0.3, 0.4) is 0 Å². The molecule has 0 spiro atoms. The molecule has 0 atom stereocenters. The Labute approximate surface area is 167 Å². The smallest absolute Gasteiger partial charge is 0.323 e. The summed E-state index contributed by atoms with van der Waals surface area (Å²) >= 11 is 0. The minimum Gasteiger partial charge on any atom is -0.340 e. The van der Waals surface area contributed by atoms with E-state index in [1.807, 2.05) is 67.7 Å². The van der Waals surface area contributed by atoms with Crippen LogP contribution in [-0.2, 0) is 0 Å². The largest absolute Gasteiger partial charge is 0.340 e. The van der Waals surface area contributed by atoms with Crippen molar-refractivity contribution in [1.29, 1.82) is 0 Å². The summed E-state index contributed by atoms with van der Waals surface area (Å²) in [5, 5.41) is 8.85. The van der Waals surface area contributed by atoms with Crippen molar-refractivity contribution in [2.45, 2.75) is 6.92 Å². The van der Waals surface area contributed by atoms with Gasteiger partial charge in [-0.1, -0.05) is 12.1 Å². The third kappa shape index (κ3) is 4.75. The van der Waals surface area contributed by atoms with Crippen molar-refractivity contribution in [3.05, 3.63) is 85.2 Å². The Morgan fingerprint density at radius 1 is 0.931 bits per heavy atom. The first kappa shape index (κ1) is 18.2. The van der Waals surface area contributed by atoms with Gasteiger partial charge in [0.25, 0.3) is 0 Å². The zero-order valence-electron chi connectivity index (χ0n) is 15.7. The van der Waals surface area contributed by atoms with Crippen LogP contribution in [0.4, 0.5) is 27.7 Å². The number of imidazole rings is 1. The standard InChI is InChI=1S/C21H19N7O/c1-15-3-2-4-18(11-15)27-21(29)26-17-7-5-16(6-8-17)25-19-12-20(24-13-23-19)28-10-9-22-14-28/h2-14H,1H3,(H,23,24,25)(H2,26,27,29). The fraction of sp³-hybridized carbons (Fsp3) is 0.0476. The van der Waals surface area contributed by atoms with Gasteiger partial charge in [0.1, 0.15) is 24.3 Å². The average Bonchev–Trinajstić information content (AvgIpc) is 3.25. The van der Waals surface area contributed by atoms with Gasteiger partial charge in [-0.05, 0) is 48.9 Å². The fourth-order valence-corrected chi connectivity index (χ4v) is 2.75. The summed E-state index contributed by atoms with van der Waals surface area (Å²) < 4.78 is 1.80. The van der Waals surface area contributed by atoms with E-state index >= 15 is 0 Å². The molecule has 0 saturated carbocycles. The molecule has 3 N–H and O–H groups in total. The Morgan fingerprint density at radius 2 is 1.72 bits per heavy atom. The lowest BCUT2D eigenvalue weighted by Gasteiger charge is -2.10. The highest BCUT2D eigenvalue weighted by atomic mass is 16.2. The number of rotatable bonds is 5. The quantitative estimate of drug-likeness (QED) is 0.474. The first-order valence-electron chi connectivity index (χ1n) is 8.98. The number of aryl methyl sites for hydroxylation is 1. The minimum absolute atomic E-state index is 0.294. The van der Waals surface area contributed by atoms with E-state index in [0.717, 1.165) is 16.9 Å². The highest BCUT2D eigenvalue weighted by Gasteiger charge is 2.04. The maximum Gasteiger partial charge on any atom is 0.323 e. The summed E-state index contributed by atoms with van der Waals surface area (Å²) in [6, 6.07) is 16.5. The molecule has 2 aromatic carbocycles. The number of aromatic nitrogens is 4. The molecular weight excluding hydrogens is 366 g/mol. The zero-order valence-corrected chi connectivity index (χ0v) is 15.7. The fourth-order valence-electron chi connectivity index (χ4n) is 2.75. The molecule has 0 saturated heterocycles. The first-order chi connectivity index (χ1) is 14.2. The summed E-state index contributed by atoms with van der Waals surface area (Å²) in [6.07, 6.45) is 6.67. The van der Waals surface area contributed by atoms with Gasteiger partial charge in [-0.3, -0.25) is 4.57 Å². The molecule has 8 heteroatoms. The predicted octanol–water partition coefficient (Wildman–Crippen LogP) is 4.36. The monoisotopic (exact) mass is 385 g/mol. The van der Waals surface area contributed by atoms with E-state index in [-0.39, 0.29) is 6.03 Å². The molecule has 144 valence electrons. The van der Waals surface area contributed by atoms with E-state index in [1.165, 1.54) is 6.33 Å². The summed E-state index contributed by atoms with van der Waals surface area (Å²) in [7, 11) is 0. The van der Waals surface area contributed by atoms with Crippen LogP contribution >= 0.6 is 0 Å². The Morgan fingerprint density at radius 3 is 2.48 bits per heavy atom. The molecule has 0 aliphatic rings. The van der Waals surface area contributed by atoms with Crippen LogP contribution in [0.25, 0.3) is 5.82 Å². The van der Waals surface area contributed by atoms with Gasteiger partial charge in [0, 0.05) is 35.5 Å². The Kier molecular flexibility index (Phi) is 5.15. The number of hydrogen-bond donors (Lipinski definition) is 3. The molecular formula is C21H19N7O. The maximum atomic E-state index is 12.2. The second-order valence-corrected chi connectivity index (χ2v) is 6.38. The molecule has 2 amide bonds. The molecule has 0 aliphatic heterocycles. The van der Waals surface area contributed by atoms with Gasteiger partial charge in [-0.15, -0.1) is 0 Å². The van der Waals surface area contributed by atoms with Gasteiger partial charge in [0.2, 0.25) is 0 Å². The summed E-state index contributed by atoms with van der Waals surface area (Å²) in [5.74, 6) is 1.37. The topological polar surface area (TPSA) is 96.8 Å². The van der Waals surface area contributed by atoms with Crippen LogP contribution in [0.2, 0.25) is 0 Å². The van der Waals surface area contributed by atoms with Crippen molar-refractivity contribution in [1.82, 2.24) is 19.5 Å². The summed E-state index contributed by atoms with van der Waals surface area (Å²) in [6.45, 7) is 1.98. The van der Waals surface area contributed by atoms with Crippen molar-refractivity contribution in [3.63, 3.8) is 0 Å². The highest BCUT2D eigenvalue weighted by molar-refractivity contribution is 5.99. The maximum absolute atomic E-state index is 12.2. The van der Waals surface area contributed by atoms with Crippen LogP contribution < -0.4 is 16.0 Å². The number of carbonyl (C=O) groups is 1. The molecule has 0 unspecified atom stereocenters. The number of carbonyl (C=O) groups excluding carboxylic acids is 1. The van der Waals surface area contributed by atoms with Crippen molar-refractivity contribution >= 4 is 28.9 Å². The molecule has 2 heterocycles. The molecule has 0 radical (unpaired) electrons. The van der Waals surface area contributed by atoms with E-state index in [2.05, 4.69) is 30.9 Å². The second kappa shape index (κ2) is 8.22. The summed E-state index contributed by atoms with van der Waals surface area (Å²) in [5.41, 5.74) is 3.35. The van der Waals surface area contributed by atoms with Crippen LogP contribution in [0, 0.1) is 6.92 Å². The van der Waals surface area contributed by atoms with Crippen LogP contribution in [0.1, 0.15) is 5.56 Å². The van der Waals surface area contributed by atoms with E-state index in [0.29, 0.717) is 17.3 Å². The Bertz CT molecular complexity index is 1110. The number of nitrogens with zero attached hydrogens (tertiary/aromatic N) is 4. The van der Waals surface area contributed by atoms with Crippen molar-refractivity contribution in [2.75, 3.05) is 16.0 Å². The number of benzene rings is 2. The van der Waals surface area contributed by atoms with E-state index in [4.69, 9.17) is 0 Å². The minimum atomic E-state index is -0.294. The molecule has 0 fully saturated rings. The highest BCUT2D eigenvalue weighted by Crippen LogP contribution is 2.19. The Balaban J connectivity index is 1.38. The van der Waals surface area contributed by atoms with Crippen molar-refractivity contribution < 1.29 is 4.79 Å². The molecule has 4 aromatic rings. The Hall–Kier alpha value is -4.20. The number of anilines is 4. The van der Waals surface area contributed by atoms with Crippen molar-refractivity contribution in [2.24, 2.45) is 0 Å². The number of urea groups is 1. The van der Waals surface area contributed by atoms with E-state index in [9.17, 15) is 4.79 Å². The van der Waals surface area contributed by atoms with Gasteiger partial charge in [-0.2, -0.15) is 0 Å². The lowest BCUT2D eigenvalue weighted by Crippen LogP contribution is -2.19. The van der Waals surface area contributed by atoms with Crippen LogP contribution in [0.15, 0.2) is 79.6 Å². The number of nitrogens with one attached hydrogen (secondary N) is 3. The summed E-state index contributed by atoms with van der Waals surface area (Å²) in [4.78, 5) is 24.6. The van der Waals surface area contributed by atoms with Gasteiger partial charge < -0.3 is 16.0 Å². The van der Waals surface area contributed by atoms with Gasteiger partial charge in [0.15, 0.2) is 0 Å².